The van der Waals surface area contributed by atoms with Crippen LogP contribution in [0.1, 0.15) is 20.6 Å². The Bertz CT molecular complexity index is 1030. The molecule has 0 aliphatic carbocycles. The largest absolute Gasteiger partial charge is 0.379 e. The smallest absolute Gasteiger partial charge is 0.261 e. The highest BCUT2D eigenvalue weighted by Crippen LogP contribution is 2.39. The first kappa shape index (κ1) is 22.6. The van der Waals surface area contributed by atoms with Crippen molar-refractivity contribution in [3.8, 4) is 11.1 Å². The minimum absolute atomic E-state index is 0.00786. The lowest BCUT2D eigenvalue weighted by molar-refractivity contribution is 0.0169. The summed E-state index contributed by atoms with van der Waals surface area (Å²) in [5.74, 6) is -0.00786. The molecule has 2 fully saturated rings. The van der Waals surface area contributed by atoms with Gasteiger partial charge in [0.05, 0.1) is 42.3 Å². The lowest BCUT2D eigenvalue weighted by Gasteiger charge is -2.34. The van der Waals surface area contributed by atoms with Crippen molar-refractivity contribution in [3.05, 3.63) is 63.7 Å². The van der Waals surface area contributed by atoms with Crippen LogP contribution in [0.4, 0.5) is 5.00 Å². The number of carbonyl (C=O) groups is 1. The summed E-state index contributed by atoms with van der Waals surface area (Å²) in [6, 6.07) is 16.8. The molecule has 2 aliphatic heterocycles. The fourth-order valence-electron chi connectivity index (χ4n) is 4.38. The molecule has 0 saturated carbocycles. The lowest BCUT2D eigenvalue weighted by Crippen LogP contribution is -2.43. The zero-order chi connectivity index (χ0) is 22.5. The topological polar surface area (TPSA) is 54.0 Å². The number of benzene rings is 1. The number of rotatable bonds is 7. The normalized spacial score (nSPS) is 18.2. The zero-order valence-corrected chi connectivity index (χ0v) is 20.2. The van der Waals surface area contributed by atoms with Gasteiger partial charge in [-0.05, 0) is 23.1 Å². The number of amides is 1. The SMILES string of the molecule is O=C(NCC(c1cccs1)N1CCOCC1)c1cc(-c2ccccc2)c(N2CCOCC2)s1. The summed E-state index contributed by atoms with van der Waals surface area (Å²) in [6.07, 6.45) is 0. The molecule has 33 heavy (non-hydrogen) atoms. The Morgan fingerprint density at radius 2 is 1.70 bits per heavy atom. The van der Waals surface area contributed by atoms with Gasteiger partial charge in [-0.25, -0.2) is 0 Å². The van der Waals surface area contributed by atoms with Crippen LogP contribution in [0, 0.1) is 0 Å². The Morgan fingerprint density at radius 1 is 0.970 bits per heavy atom. The predicted octanol–water partition coefficient (Wildman–Crippen LogP) is 4.12. The number of nitrogens with one attached hydrogen (secondary N) is 1. The molecular weight excluding hydrogens is 454 g/mol. The standard InChI is InChI=1S/C25H29N3O3S2/c29-24(26-18-21(22-7-4-16-32-22)27-8-12-30-13-9-27)23-17-20(19-5-2-1-3-6-19)25(33-23)28-10-14-31-15-11-28/h1-7,16-17,21H,8-15,18H2,(H,26,29). The Morgan fingerprint density at radius 3 is 2.39 bits per heavy atom. The van der Waals surface area contributed by atoms with E-state index < -0.39 is 0 Å². The molecule has 2 saturated heterocycles. The number of ether oxygens (including phenoxy) is 2. The molecule has 5 rings (SSSR count). The van der Waals surface area contributed by atoms with E-state index >= 15 is 0 Å². The van der Waals surface area contributed by atoms with Gasteiger partial charge in [0.25, 0.3) is 5.91 Å². The highest BCUT2D eigenvalue weighted by atomic mass is 32.1. The van der Waals surface area contributed by atoms with E-state index in [2.05, 4.69) is 50.8 Å². The zero-order valence-electron chi connectivity index (χ0n) is 18.6. The van der Waals surface area contributed by atoms with Crippen LogP contribution in [0.2, 0.25) is 0 Å². The van der Waals surface area contributed by atoms with Crippen LogP contribution in [-0.4, -0.2) is 70.0 Å². The average Bonchev–Trinajstić information content (AvgIpc) is 3.57. The summed E-state index contributed by atoms with van der Waals surface area (Å²) in [4.78, 5) is 20.1. The summed E-state index contributed by atoms with van der Waals surface area (Å²) in [5, 5.41) is 6.48. The molecule has 0 spiro atoms. The van der Waals surface area contributed by atoms with Gasteiger partial charge in [0.15, 0.2) is 0 Å². The molecule has 8 heteroatoms. The quantitative estimate of drug-likeness (QED) is 0.548. The molecule has 1 amide bonds. The fourth-order valence-corrected chi connectivity index (χ4v) is 6.38. The highest BCUT2D eigenvalue weighted by Gasteiger charge is 2.26. The van der Waals surface area contributed by atoms with Crippen molar-refractivity contribution in [2.24, 2.45) is 0 Å². The van der Waals surface area contributed by atoms with Gasteiger partial charge in [-0.1, -0.05) is 36.4 Å². The molecule has 1 N–H and O–H groups in total. The van der Waals surface area contributed by atoms with E-state index in [0.29, 0.717) is 6.54 Å². The van der Waals surface area contributed by atoms with Crippen LogP contribution in [0.3, 0.4) is 0 Å². The molecule has 0 radical (unpaired) electrons. The number of anilines is 1. The van der Waals surface area contributed by atoms with Crippen LogP contribution < -0.4 is 10.2 Å². The van der Waals surface area contributed by atoms with E-state index in [1.54, 1.807) is 22.7 Å². The summed E-state index contributed by atoms with van der Waals surface area (Å²) in [6.45, 7) is 6.97. The number of morpholine rings is 2. The number of thiophene rings is 2. The van der Waals surface area contributed by atoms with Crippen molar-refractivity contribution in [1.82, 2.24) is 10.2 Å². The van der Waals surface area contributed by atoms with E-state index in [1.807, 2.05) is 18.2 Å². The van der Waals surface area contributed by atoms with Crippen molar-refractivity contribution in [3.63, 3.8) is 0 Å². The van der Waals surface area contributed by atoms with E-state index in [1.165, 1.54) is 4.88 Å². The first-order valence-electron chi connectivity index (χ1n) is 11.4. The van der Waals surface area contributed by atoms with Gasteiger partial charge in [0.1, 0.15) is 0 Å². The monoisotopic (exact) mass is 483 g/mol. The Kier molecular flexibility index (Phi) is 7.38. The third-order valence-electron chi connectivity index (χ3n) is 6.13. The lowest BCUT2D eigenvalue weighted by atomic mass is 10.1. The molecule has 1 atom stereocenters. The third kappa shape index (κ3) is 5.31. The van der Waals surface area contributed by atoms with Gasteiger partial charge < -0.3 is 19.7 Å². The number of hydrogen-bond acceptors (Lipinski definition) is 7. The summed E-state index contributed by atoms with van der Waals surface area (Å²) >= 11 is 3.33. The van der Waals surface area contributed by atoms with Crippen molar-refractivity contribution in [1.29, 1.82) is 0 Å². The minimum Gasteiger partial charge on any atom is -0.379 e. The maximum absolute atomic E-state index is 13.3. The molecule has 0 bridgehead atoms. The van der Waals surface area contributed by atoms with E-state index in [9.17, 15) is 4.79 Å². The van der Waals surface area contributed by atoms with Gasteiger partial charge in [-0.15, -0.1) is 22.7 Å². The van der Waals surface area contributed by atoms with E-state index in [0.717, 1.165) is 73.6 Å². The molecule has 4 heterocycles. The fraction of sp³-hybridized carbons (Fsp3) is 0.400. The first-order chi connectivity index (χ1) is 16.3. The molecule has 2 aromatic heterocycles. The second-order valence-corrected chi connectivity index (χ2v) is 10.2. The van der Waals surface area contributed by atoms with Crippen LogP contribution in [0.5, 0.6) is 0 Å². The molecular formula is C25H29N3O3S2. The van der Waals surface area contributed by atoms with Crippen molar-refractivity contribution >= 4 is 33.6 Å². The van der Waals surface area contributed by atoms with Gasteiger partial charge in [0, 0.05) is 43.2 Å². The van der Waals surface area contributed by atoms with Crippen molar-refractivity contribution in [2.75, 3.05) is 64.1 Å². The summed E-state index contributed by atoms with van der Waals surface area (Å²) in [7, 11) is 0. The molecule has 6 nitrogen and oxygen atoms in total. The maximum atomic E-state index is 13.3. The molecule has 1 unspecified atom stereocenters. The highest BCUT2D eigenvalue weighted by molar-refractivity contribution is 7.18. The van der Waals surface area contributed by atoms with Gasteiger partial charge in [-0.2, -0.15) is 0 Å². The van der Waals surface area contributed by atoms with Gasteiger partial charge >= 0.3 is 0 Å². The Balaban J connectivity index is 1.36. The average molecular weight is 484 g/mol. The van der Waals surface area contributed by atoms with E-state index in [-0.39, 0.29) is 11.9 Å². The molecule has 2 aliphatic rings. The van der Waals surface area contributed by atoms with Gasteiger partial charge in [-0.3, -0.25) is 9.69 Å². The Labute approximate surface area is 202 Å². The second-order valence-electron chi connectivity index (χ2n) is 8.18. The third-order valence-corrected chi connectivity index (χ3v) is 8.30. The summed E-state index contributed by atoms with van der Waals surface area (Å²) < 4.78 is 11.1. The minimum atomic E-state index is -0.00786. The summed E-state index contributed by atoms with van der Waals surface area (Å²) in [5.41, 5.74) is 2.26. The van der Waals surface area contributed by atoms with Gasteiger partial charge in [0.2, 0.25) is 0 Å². The Hall–Kier alpha value is -2.23. The van der Waals surface area contributed by atoms with Crippen LogP contribution in [0.25, 0.3) is 11.1 Å². The number of carbonyl (C=O) groups excluding carboxylic acids is 1. The number of nitrogens with zero attached hydrogens (tertiary/aromatic N) is 2. The van der Waals surface area contributed by atoms with Crippen LogP contribution in [-0.2, 0) is 9.47 Å². The van der Waals surface area contributed by atoms with Crippen molar-refractivity contribution < 1.29 is 14.3 Å². The van der Waals surface area contributed by atoms with Crippen LogP contribution >= 0.6 is 22.7 Å². The maximum Gasteiger partial charge on any atom is 0.261 e. The molecule has 3 aromatic rings. The molecule has 174 valence electrons. The van der Waals surface area contributed by atoms with Crippen molar-refractivity contribution in [2.45, 2.75) is 6.04 Å². The first-order valence-corrected chi connectivity index (χ1v) is 13.1. The molecule has 1 aromatic carbocycles. The predicted molar refractivity (Wildman–Crippen MR) is 135 cm³/mol. The number of hydrogen-bond donors (Lipinski definition) is 1. The van der Waals surface area contributed by atoms with E-state index in [4.69, 9.17) is 9.47 Å². The second kappa shape index (κ2) is 10.8. The van der Waals surface area contributed by atoms with Crippen LogP contribution in [0.15, 0.2) is 53.9 Å².